The fourth-order valence-corrected chi connectivity index (χ4v) is 4.31. The molecule has 1 heterocycles. The lowest BCUT2D eigenvalue weighted by atomic mass is 9.83. The maximum absolute atomic E-state index is 13.4. The highest BCUT2D eigenvalue weighted by atomic mass is 16.2. The van der Waals surface area contributed by atoms with Crippen LogP contribution in [0.3, 0.4) is 0 Å². The van der Waals surface area contributed by atoms with Crippen LogP contribution in [0.15, 0.2) is 54.6 Å². The Kier molecular flexibility index (Phi) is 4.27. The van der Waals surface area contributed by atoms with Crippen LogP contribution in [-0.2, 0) is 17.6 Å². The molecule has 4 nitrogen and oxygen atoms in total. The summed E-state index contributed by atoms with van der Waals surface area (Å²) in [6.07, 6.45) is 2.42. The number of aryl methyl sites for hydroxylation is 1. The number of likely N-dealkylation sites (N-methyl/N-ethyl adjacent to an activating group) is 1. The normalized spacial score (nSPS) is 25.3. The SMILES string of the molecule is C[C@@H]1[C@H](c2ccccc2)N(C(=O)C2CCc3ccccc3C2)C(=O)N1C. The van der Waals surface area contributed by atoms with Gasteiger partial charge in [0.05, 0.1) is 12.1 Å². The number of carbonyl (C=O) groups excluding carboxylic acids is 2. The summed E-state index contributed by atoms with van der Waals surface area (Å²) in [6.45, 7) is 2.01. The number of hydrogen-bond acceptors (Lipinski definition) is 2. The molecule has 134 valence electrons. The van der Waals surface area contributed by atoms with E-state index in [9.17, 15) is 9.59 Å². The summed E-state index contributed by atoms with van der Waals surface area (Å²) in [6, 6.07) is 17.8. The van der Waals surface area contributed by atoms with Crippen LogP contribution in [0.5, 0.6) is 0 Å². The van der Waals surface area contributed by atoms with Gasteiger partial charge in [-0.25, -0.2) is 4.79 Å². The first-order valence-electron chi connectivity index (χ1n) is 9.29. The molecular weight excluding hydrogens is 324 g/mol. The summed E-state index contributed by atoms with van der Waals surface area (Å²) in [5, 5.41) is 0. The van der Waals surface area contributed by atoms with Crippen LogP contribution in [0.4, 0.5) is 4.79 Å². The summed E-state index contributed by atoms with van der Waals surface area (Å²) >= 11 is 0. The maximum Gasteiger partial charge on any atom is 0.327 e. The van der Waals surface area contributed by atoms with Crippen LogP contribution in [0.25, 0.3) is 0 Å². The predicted molar refractivity (Wildman–Crippen MR) is 101 cm³/mol. The van der Waals surface area contributed by atoms with Crippen LogP contribution < -0.4 is 0 Å². The van der Waals surface area contributed by atoms with E-state index in [0.29, 0.717) is 0 Å². The first-order chi connectivity index (χ1) is 12.6. The Morgan fingerprint density at radius 2 is 1.65 bits per heavy atom. The van der Waals surface area contributed by atoms with Gasteiger partial charge in [-0.2, -0.15) is 0 Å². The molecule has 1 saturated heterocycles. The van der Waals surface area contributed by atoms with Gasteiger partial charge < -0.3 is 4.90 Å². The van der Waals surface area contributed by atoms with E-state index in [1.165, 1.54) is 16.0 Å². The number of amides is 3. The van der Waals surface area contributed by atoms with Crippen LogP contribution in [0.2, 0.25) is 0 Å². The van der Waals surface area contributed by atoms with Crippen molar-refractivity contribution in [2.24, 2.45) is 5.92 Å². The van der Waals surface area contributed by atoms with Gasteiger partial charge in [-0.3, -0.25) is 9.69 Å². The van der Waals surface area contributed by atoms with E-state index in [4.69, 9.17) is 0 Å². The summed E-state index contributed by atoms with van der Waals surface area (Å²) in [4.78, 5) is 29.4. The van der Waals surface area contributed by atoms with Crippen LogP contribution in [0.1, 0.15) is 36.1 Å². The molecule has 4 rings (SSSR count). The van der Waals surface area contributed by atoms with E-state index in [-0.39, 0.29) is 29.9 Å². The first-order valence-corrected chi connectivity index (χ1v) is 9.29. The lowest BCUT2D eigenvalue weighted by molar-refractivity contribution is -0.134. The zero-order valence-electron chi connectivity index (χ0n) is 15.3. The molecule has 0 saturated carbocycles. The highest BCUT2D eigenvalue weighted by Crippen LogP contribution is 2.37. The number of carbonyl (C=O) groups is 2. The Bertz CT molecular complexity index is 833. The van der Waals surface area contributed by atoms with Crippen LogP contribution in [0, 0.1) is 5.92 Å². The lowest BCUT2D eigenvalue weighted by Gasteiger charge is -2.30. The Balaban J connectivity index is 1.64. The lowest BCUT2D eigenvalue weighted by Crippen LogP contribution is -2.42. The molecule has 3 amide bonds. The molecule has 1 aliphatic carbocycles. The van der Waals surface area contributed by atoms with E-state index >= 15 is 0 Å². The van der Waals surface area contributed by atoms with Crippen molar-refractivity contribution in [2.45, 2.75) is 38.3 Å². The molecule has 3 atom stereocenters. The third-order valence-corrected chi connectivity index (χ3v) is 5.93. The smallest absolute Gasteiger partial charge is 0.322 e. The highest BCUT2D eigenvalue weighted by molar-refractivity contribution is 5.98. The largest absolute Gasteiger partial charge is 0.327 e. The highest BCUT2D eigenvalue weighted by Gasteiger charge is 2.47. The monoisotopic (exact) mass is 348 g/mol. The van der Waals surface area contributed by atoms with Crippen molar-refractivity contribution in [3.05, 3.63) is 71.3 Å². The maximum atomic E-state index is 13.4. The average Bonchev–Trinajstić information content (AvgIpc) is 2.91. The molecule has 1 unspecified atom stereocenters. The molecule has 26 heavy (non-hydrogen) atoms. The molecule has 0 spiro atoms. The number of urea groups is 1. The second-order valence-corrected chi connectivity index (χ2v) is 7.41. The minimum Gasteiger partial charge on any atom is -0.322 e. The zero-order chi connectivity index (χ0) is 18.3. The fraction of sp³-hybridized carbons (Fsp3) is 0.364. The number of benzene rings is 2. The minimum atomic E-state index is -0.224. The quantitative estimate of drug-likeness (QED) is 0.828. The van der Waals surface area contributed by atoms with Crippen LogP contribution in [-0.4, -0.2) is 34.8 Å². The van der Waals surface area contributed by atoms with E-state index in [2.05, 4.69) is 12.1 Å². The molecule has 1 fully saturated rings. The summed E-state index contributed by atoms with van der Waals surface area (Å²) in [5.74, 6) is -0.159. The molecule has 0 radical (unpaired) electrons. The Morgan fingerprint density at radius 3 is 2.38 bits per heavy atom. The third kappa shape index (κ3) is 2.70. The predicted octanol–water partition coefficient (Wildman–Crippen LogP) is 3.82. The van der Waals surface area contributed by atoms with E-state index in [1.54, 1.807) is 11.9 Å². The van der Waals surface area contributed by atoms with Gasteiger partial charge in [0.15, 0.2) is 0 Å². The topological polar surface area (TPSA) is 40.6 Å². The van der Waals surface area contributed by atoms with Gasteiger partial charge in [-0.05, 0) is 42.9 Å². The number of imide groups is 1. The van der Waals surface area contributed by atoms with Crippen LogP contribution >= 0.6 is 0 Å². The zero-order valence-corrected chi connectivity index (χ0v) is 15.3. The number of fused-ring (bicyclic) bond motifs is 1. The Morgan fingerprint density at radius 1 is 1.00 bits per heavy atom. The number of hydrogen-bond donors (Lipinski definition) is 0. The van der Waals surface area contributed by atoms with E-state index in [1.807, 2.05) is 49.4 Å². The molecule has 2 aromatic rings. The molecule has 2 aromatic carbocycles. The minimum absolute atomic E-state index is 0.0328. The summed E-state index contributed by atoms with van der Waals surface area (Å²) < 4.78 is 0. The molecule has 0 aromatic heterocycles. The van der Waals surface area contributed by atoms with Crippen molar-refractivity contribution < 1.29 is 9.59 Å². The fourth-order valence-electron chi connectivity index (χ4n) is 4.31. The van der Waals surface area contributed by atoms with Crippen molar-refractivity contribution in [1.82, 2.24) is 9.80 Å². The standard InChI is InChI=1S/C22H24N2O2/c1-15-20(17-9-4-3-5-10-17)24(22(26)23(15)2)21(25)19-13-12-16-8-6-7-11-18(16)14-19/h3-11,15,19-20H,12-14H2,1-2H3/t15-,19?,20-/m1/s1. The first kappa shape index (κ1) is 16.8. The van der Waals surface area contributed by atoms with Gasteiger partial charge in [0.25, 0.3) is 0 Å². The van der Waals surface area contributed by atoms with Gasteiger partial charge >= 0.3 is 6.03 Å². The van der Waals surface area contributed by atoms with Gasteiger partial charge in [0.2, 0.25) is 5.91 Å². The van der Waals surface area contributed by atoms with Crippen molar-refractivity contribution in [3.63, 3.8) is 0 Å². The third-order valence-electron chi connectivity index (χ3n) is 5.93. The Labute approximate surface area is 154 Å². The second-order valence-electron chi connectivity index (χ2n) is 7.41. The second kappa shape index (κ2) is 6.60. The molecule has 4 heteroatoms. The molecule has 0 bridgehead atoms. The Hall–Kier alpha value is -2.62. The molecule has 2 aliphatic rings. The summed E-state index contributed by atoms with van der Waals surface area (Å²) in [7, 11) is 1.78. The molecule has 1 aliphatic heterocycles. The van der Waals surface area contributed by atoms with E-state index < -0.39 is 0 Å². The summed E-state index contributed by atoms with van der Waals surface area (Å²) in [5.41, 5.74) is 3.58. The van der Waals surface area contributed by atoms with Gasteiger partial charge in [0, 0.05) is 13.0 Å². The van der Waals surface area contributed by atoms with E-state index in [0.717, 1.165) is 24.8 Å². The van der Waals surface area contributed by atoms with Gasteiger partial charge in [-0.1, -0.05) is 54.6 Å². The van der Waals surface area contributed by atoms with Crippen molar-refractivity contribution >= 4 is 11.9 Å². The van der Waals surface area contributed by atoms with Crippen molar-refractivity contribution in [2.75, 3.05) is 7.05 Å². The number of nitrogens with zero attached hydrogens (tertiary/aromatic N) is 2. The van der Waals surface area contributed by atoms with Crippen molar-refractivity contribution in [1.29, 1.82) is 0 Å². The molecular formula is C22H24N2O2. The van der Waals surface area contributed by atoms with Gasteiger partial charge in [-0.15, -0.1) is 0 Å². The number of rotatable bonds is 2. The average molecular weight is 348 g/mol. The van der Waals surface area contributed by atoms with Gasteiger partial charge in [0.1, 0.15) is 0 Å². The van der Waals surface area contributed by atoms with Crippen molar-refractivity contribution in [3.8, 4) is 0 Å². The molecule has 0 N–H and O–H groups in total.